The second-order valence-electron chi connectivity index (χ2n) is 5.02. The molecule has 1 atom stereocenters. The second-order valence-corrected chi connectivity index (χ2v) is 5.02. The fourth-order valence-corrected chi connectivity index (χ4v) is 2.00. The smallest absolute Gasteiger partial charge is 0.170 e. The highest BCUT2D eigenvalue weighted by Gasteiger charge is 2.09. The molecule has 3 N–H and O–H groups in total. The third-order valence-electron chi connectivity index (χ3n) is 2.72. The van der Waals surface area contributed by atoms with Crippen molar-refractivity contribution in [2.75, 3.05) is 0 Å². The maximum absolute atomic E-state index is 8.66. The summed E-state index contributed by atoms with van der Waals surface area (Å²) in [5, 5.41) is 11.7. The largest absolute Gasteiger partial charge is 0.491 e. The van der Waals surface area contributed by atoms with Gasteiger partial charge >= 0.3 is 0 Å². The Bertz CT molecular complexity index is 428. The van der Waals surface area contributed by atoms with E-state index in [0.29, 0.717) is 5.92 Å². The van der Waals surface area contributed by atoms with Crippen molar-refractivity contribution in [1.29, 1.82) is 0 Å². The first-order valence-corrected chi connectivity index (χ1v) is 6.19. The van der Waals surface area contributed by atoms with Gasteiger partial charge in [-0.3, -0.25) is 0 Å². The van der Waals surface area contributed by atoms with Gasteiger partial charge in [-0.05, 0) is 49.9 Å². The lowest BCUT2D eigenvalue weighted by Gasteiger charge is -2.17. The fourth-order valence-electron chi connectivity index (χ4n) is 2.00. The Morgan fingerprint density at radius 3 is 2.56 bits per heavy atom. The summed E-state index contributed by atoms with van der Waals surface area (Å²) in [7, 11) is 0. The standard InChI is InChI=1S/C14H22N2O2/c1-9(2)7-11(4)18-12-5-6-13(10(3)8-12)14(15)16-17/h5-6,8-9,11,17H,7H2,1-4H3,(H2,15,16). The summed E-state index contributed by atoms with van der Waals surface area (Å²) in [6.45, 7) is 8.32. The van der Waals surface area contributed by atoms with Crippen LogP contribution >= 0.6 is 0 Å². The third kappa shape index (κ3) is 3.95. The number of ether oxygens (including phenoxy) is 1. The van der Waals surface area contributed by atoms with E-state index in [9.17, 15) is 0 Å². The zero-order chi connectivity index (χ0) is 13.7. The molecule has 1 unspecified atom stereocenters. The minimum atomic E-state index is 0.120. The first kappa shape index (κ1) is 14.4. The van der Waals surface area contributed by atoms with E-state index in [1.165, 1.54) is 0 Å². The van der Waals surface area contributed by atoms with Crippen LogP contribution in [-0.2, 0) is 0 Å². The first-order chi connectivity index (χ1) is 8.43. The van der Waals surface area contributed by atoms with Gasteiger partial charge < -0.3 is 15.7 Å². The predicted octanol–water partition coefficient (Wildman–Crippen LogP) is 2.90. The number of rotatable bonds is 5. The SMILES string of the molecule is Cc1cc(OC(C)CC(C)C)ccc1/C(N)=N/O. The Balaban J connectivity index is 2.79. The van der Waals surface area contributed by atoms with Gasteiger partial charge in [-0.15, -0.1) is 0 Å². The topological polar surface area (TPSA) is 67.8 Å². The molecule has 0 aromatic heterocycles. The number of oxime groups is 1. The Hall–Kier alpha value is -1.71. The molecule has 0 saturated heterocycles. The molecule has 1 rings (SSSR count). The molecule has 0 spiro atoms. The van der Waals surface area contributed by atoms with Crippen LogP contribution in [0.15, 0.2) is 23.4 Å². The zero-order valence-corrected chi connectivity index (χ0v) is 11.5. The van der Waals surface area contributed by atoms with E-state index in [2.05, 4.69) is 25.9 Å². The molecule has 0 saturated carbocycles. The number of hydrogen-bond donors (Lipinski definition) is 2. The lowest BCUT2D eigenvalue weighted by molar-refractivity contribution is 0.193. The number of amidine groups is 1. The second kappa shape index (κ2) is 6.28. The highest BCUT2D eigenvalue weighted by molar-refractivity contribution is 5.98. The van der Waals surface area contributed by atoms with Crippen molar-refractivity contribution in [3.63, 3.8) is 0 Å². The number of nitrogens with zero attached hydrogens (tertiary/aromatic N) is 1. The lowest BCUT2D eigenvalue weighted by atomic mass is 10.1. The van der Waals surface area contributed by atoms with Gasteiger partial charge in [-0.25, -0.2) is 0 Å². The first-order valence-electron chi connectivity index (χ1n) is 6.19. The van der Waals surface area contributed by atoms with Crippen molar-refractivity contribution in [2.24, 2.45) is 16.8 Å². The molecule has 0 fully saturated rings. The van der Waals surface area contributed by atoms with Crippen LogP contribution in [0.4, 0.5) is 0 Å². The van der Waals surface area contributed by atoms with Gasteiger partial charge in [0.15, 0.2) is 5.84 Å². The van der Waals surface area contributed by atoms with E-state index in [1.54, 1.807) is 0 Å². The molecule has 0 aliphatic rings. The summed E-state index contributed by atoms with van der Waals surface area (Å²) < 4.78 is 5.83. The molecule has 1 aromatic rings. The summed E-state index contributed by atoms with van der Waals surface area (Å²) >= 11 is 0. The average molecular weight is 250 g/mol. The van der Waals surface area contributed by atoms with E-state index >= 15 is 0 Å². The summed E-state index contributed by atoms with van der Waals surface area (Å²) in [6, 6.07) is 5.56. The van der Waals surface area contributed by atoms with E-state index in [0.717, 1.165) is 23.3 Å². The lowest BCUT2D eigenvalue weighted by Crippen LogP contribution is -2.16. The van der Waals surface area contributed by atoms with Crippen molar-refractivity contribution in [3.05, 3.63) is 29.3 Å². The van der Waals surface area contributed by atoms with Crippen LogP contribution in [0.3, 0.4) is 0 Å². The number of aryl methyl sites for hydroxylation is 1. The van der Waals surface area contributed by atoms with Crippen LogP contribution in [0.25, 0.3) is 0 Å². The highest BCUT2D eigenvalue weighted by atomic mass is 16.5. The van der Waals surface area contributed by atoms with Crippen molar-refractivity contribution in [1.82, 2.24) is 0 Å². The monoisotopic (exact) mass is 250 g/mol. The van der Waals surface area contributed by atoms with Crippen LogP contribution in [0.5, 0.6) is 5.75 Å². The Morgan fingerprint density at radius 1 is 1.39 bits per heavy atom. The average Bonchev–Trinajstić information content (AvgIpc) is 2.27. The van der Waals surface area contributed by atoms with Crippen molar-refractivity contribution >= 4 is 5.84 Å². The van der Waals surface area contributed by atoms with Gasteiger partial charge in [0, 0.05) is 5.56 Å². The summed E-state index contributed by atoms with van der Waals surface area (Å²) in [5.41, 5.74) is 7.23. The molecular formula is C14H22N2O2. The van der Waals surface area contributed by atoms with Crippen LogP contribution in [0.2, 0.25) is 0 Å². The van der Waals surface area contributed by atoms with Gasteiger partial charge in [-0.1, -0.05) is 19.0 Å². The van der Waals surface area contributed by atoms with E-state index in [1.807, 2.05) is 25.1 Å². The number of nitrogens with two attached hydrogens (primary N) is 1. The maximum atomic E-state index is 8.66. The van der Waals surface area contributed by atoms with Gasteiger partial charge in [0.25, 0.3) is 0 Å². The molecule has 0 bridgehead atoms. The predicted molar refractivity (Wildman–Crippen MR) is 73.2 cm³/mol. The normalized spacial score (nSPS) is 13.7. The number of benzene rings is 1. The molecular weight excluding hydrogens is 228 g/mol. The molecule has 100 valence electrons. The highest BCUT2D eigenvalue weighted by Crippen LogP contribution is 2.20. The van der Waals surface area contributed by atoms with Gasteiger partial charge in [0.05, 0.1) is 6.10 Å². The van der Waals surface area contributed by atoms with Crippen LogP contribution in [-0.4, -0.2) is 17.1 Å². The summed E-state index contributed by atoms with van der Waals surface area (Å²) in [5.74, 6) is 1.54. The summed E-state index contributed by atoms with van der Waals surface area (Å²) in [4.78, 5) is 0. The molecule has 0 amide bonds. The maximum Gasteiger partial charge on any atom is 0.170 e. The Labute approximate surface area is 108 Å². The zero-order valence-electron chi connectivity index (χ0n) is 11.5. The van der Waals surface area contributed by atoms with E-state index < -0.39 is 0 Å². The summed E-state index contributed by atoms with van der Waals surface area (Å²) in [6.07, 6.45) is 1.19. The van der Waals surface area contributed by atoms with Gasteiger partial charge in [0.1, 0.15) is 5.75 Å². The fraction of sp³-hybridized carbons (Fsp3) is 0.500. The molecule has 0 aliphatic carbocycles. The quantitative estimate of drug-likeness (QED) is 0.365. The van der Waals surface area contributed by atoms with Crippen LogP contribution in [0, 0.1) is 12.8 Å². The molecule has 4 heteroatoms. The molecule has 0 radical (unpaired) electrons. The molecule has 18 heavy (non-hydrogen) atoms. The van der Waals surface area contributed by atoms with Crippen molar-refractivity contribution < 1.29 is 9.94 Å². The van der Waals surface area contributed by atoms with Crippen LogP contribution < -0.4 is 10.5 Å². The molecule has 0 heterocycles. The minimum absolute atomic E-state index is 0.120. The Morgan fingerprint density at radius 2 is 2.06 bits per heavy atom. The number of hydrogen-bond acceptors (Lipinski definition) is 3. The third-order valence-corrected chi connectivity index (χ3v) is 2.72. The van der Waals surface area contributed by atoms with Gasteiger partial charge in [0.2, 0.25) is 0 Å². The molecule has 4 nitrogen and oxygen atoms in total. The molecule has 0 aliphatic heterocycles. The van der Waals surface area contributed by atoms with E-state index in [4.69, 9.17) is 15.7 Å². The minimum Gasteiger partial charge on any atom is -0.491 e. The molecule has 1 aromatic carbocycles. The van der Waals surface area contributed by atoms with Gasteiger partial charge in [-0.2, -0.15) is 0 Å². The van der Waals surface area contributed by atoms with Crippen molar-refractivity contribution in [2.45, 2.75) is 40.2 Å². The Kier molecular flexibility index (Phi) is 5.01. The van der Waals surface area contributed by atoms with Crippen LogP contribution in [0.1, 0.15) is 38.3 Å². The van der Waals surface area contributed by atoms with Crippen molar-refractivity contribution in [3.8, 4) is 5.75 Å². The van der Waals surface area contributed by atoms with E-state index in [-0.39, 0.29) is 11.9 Å².